The molecule has 0 radical (unpaired) electrons. The molecule has 124 valence electrons. The van der Waals surface area contributed by atoms with Gasteiger partial charge in [0.2, 0.25) is 0 Å². The van der Waals surface area contributed by atoms with Crippen molar-refractivity contribution in [2.75, 3.05) is 33.3 Å². The number of methoxy groups -OCH3 is 1. The summed E-state index contributed by atoms with van der Waals surface area (Å²) in [6.07, 6.45) is 6.68. The summed E-state index contributed by atoms with van der Waals surface area (Å²) in [6.45, 7) is 4.94. The van der Waals surface area contributed by atoms with Crippen molar-refractivity contribution in [3.05, 3.63) is 29.8 Å². The minimum absolute atomic E-state index is 0. The van der Waals surface area contributed by atoms with E-state index >= 15 is 0 Å². The van der Waals surface area contributed by atoms with E-state index in [1.807, 2.05) is 0 Å². The Bertz CT molecular complexity index is 425. The molecule has 1 N–H and O–H groups in total. The van der Waals surface area contributed by atoms with Crippen LogP contribution in [0.3, 0.4) is 0 Å². The molecule has 0 unspecified atom stereocenters. The number of benzene rings is 1. The summed E-state index contributed by atoms with van der Waals surface area (Å²) in [5.74, 6) is 1.94. The van der Waals surface area contributed by atoms with Crippen LogP contribution in [0, 0.1) is 5.92 Å². The fraction of sp³-hybridized carbons (Fsp3) is 0.667. The zero-order valence-electron chi connectivity index (χ0n) is 13.6. The van der Waals surface area contributed by atoms with Crippen LogP contribution >= 0.6 is 12.4 Å². The molecule has 2 aliphatic rings. The summed E-state index contributed by atoms with van der Waals surface area (Å²) in [5.41, 5.74) is 1.41. The predicted molar refractivity (Wildman–Crippen MR) is 94.1 cm³/mol. The molecule has 1 saturated carbocycles. The standard InChI is InChI=1S/C18H28N2O.ClH/c1-21-18-6-4-15(5-7-18)8-11-20-12-9-17(10-13-20)19-14-16-2-3-16;/h4-7,16-17,19H,2-3,8-14H2,1H3;1H. The van der Waals surface area contributed by atoms with Gasteiger partial charge in [0.1, 0.15) is 5.75 Å². The van der Waals surface area contributed by atoms with Crippen LogP contribution in [0.5, 0.6) is 5.75 Å². The lowest BCUT2D eigenvalue weighted by molar-refractivity contribution is 0.199. The molecule has 1 aliphatic carbocycles. The highest BCUT2D eigenvalue weighted by Gasteiger charge is 2.24. The Labute approximate surface area is 140 Å². The van der Waals surface area contributed by atoms with Crippen LogP contribution in [0.1, 0.15) is 31.2 Å². The Morgan fingerprint density at radius 1 is 1.09 bits per heavy atom. The van der Waals surface area contributed by atoms with Gasteiger partial charge in [0, 0.05) is 12.6 Å². The van der Waals surface area contributed by atoms with Gasteiger partial charge in [-0.15, -0.1) is 12.4 Å². The van der Waals surface area contributed by atoms with Gasteiger partial charge in [-0.1, -0.05) is 12.1 Å². The second-order valence-corrected chi connectivity index (χ2v) is 6.57. The molecule has 2 fully saturated rings. The highest BCUT2D eigenvalue weighted by atomic mass is 35.5. The molecule has 3 rings (SSSR count). The molecule has 0 atom stereocenters. The van der Waals surface area contributed by atoms with Gasteiger partial charge in [0.25, 0.3) is 0 Å². The molecule has 1 heterocycles. The zero-order chi connectivity index (χ0) is 14.5. The molecule has 1 saturated heterocycles. The lowest BCUT2D eigenvalue weighted by atomic mass is 10.0. The summed E-state index contributed by atoms with van der Waals surface area (Å²) in [6, 6.07) is 9.25. The molecule has 0 spiro atoms. The second-order valence-electron chi connectivity index (χ2n) is 6.57. The van der Waals surface area contributed by atoms with Crippen molar-refractivity contribution in [3.63, 3.8) is 0 Å². The van der Waals surface area contributed by atoms with Crippen LogP contribution in [0.2, 0.25) is 0 Å². The normalized spacial score (nSPS) is 19.7. The maximum absolute atomic E-state index is 5.20. The first-order valence-corrected chi connectivity index (χ1v) is 8.42. The van der Waals surface area contributed by atoms with E-state index in [0.29, 0.717) is 0 Å². The van der Waals surface area contributed by atoms with Crippen LogP contribution in [-0.2, 0) is 6.42 Å². The monoisotopic (exact) mass is 324 g/mol. The van der Waals surface area contributed by atoms with Gasteiger partial charge in [-0.05, 0) is 75.4 Å². The van der Waals surface area contributed by atoms with Gasteiger partial charge in [-0.25, -0.2) is 0 Å². The molecule has 0 bridgehead atoms. The van der Waals surface area contributed by atoms with Crippen LogP contribution in [0.4, 0.5) is 0 Å². The maximum Gasteiger partial charge on any atom is 0.118 e. The number of hydrogen-bond donors (Lipinski definition) is 1. The molecular formula is C18H29ClN2O. The van der Waals surface area contributed by atoms with Crippen molar-refractivity contribution in [3.8, 4) is 5.75 Å². The molecule has 1 aliphatic heterocycles. The van der Waals surface area contributed by atoms with Crippen molar-refractivity contribution in [2.24, 2.45) is 5.92 Å². The highest BCUT2D eigenvalue weighted by molar-refractivity contribution is 5.85. The van der Waals surface area contributed by atoms with E-state index in [-0.39, 0.29) is 12.4 Å². The Kier molecular flexibility index (Phi) is 7.00. The van der Waals surface area contributed by atoms with Crippen molar-refractivity contribution < 1.29 is 4.74 Å². The smallest absolute Gasteiger partial charge is 0.118 e. The van der Waals surface area contributed by atoms with E-state index < -0.39 is 0 Å². The van der Waals surface area contributed by atoms with Gasteiger partial charge in [0.05, 0.1) is 7.11 Å². The van der Waals surface area contributed by atoms with Crippen molar-refractivity contribution in [1.82, 2.24) is 10.2 Å². The van der Waals surface area contributed by atoms with Gasteiger partial charge >= 0.3 is 0 Å². The summed E-state index contributed by atoms with van der Waals surface area (Å²) in [5, 5.41) is 3.75. The van der Waals surface area contributed by atoms with Crippen molar-refractivity contribution >= 4 is 12.4 Å². The van der Waals surface area contributed by atoms with E-state index in [4.69, 9.17) is 4.74 Å². The Morgan fingerprint density at radius 2 is 1.77 bits per heavy atom. The van der Waals surface area contributed by atoms with Crippen LogP contribution in [0.15, 0.2) is 24.3 Å². The van der Waals surface area contributed by atoms with E-state index in [1.54, 1.807) is 7.11 Å². The quantitative estimate of drug-likeness (QED) is 0.834. The number of halogens is 1. The zero-order valence-corrected chi connectivity index (χ0v) is 14.4. The Balaban J connectivity index is 0.00000176. The Morgan fingerprint density at radius 3 is 2.36 bits per heavy atom. The number of hydrogen-bond acceptors (Lipinski definition) is 3. The summed E-state index contributed by atoms with van der Waals surface area (Å²) in [7, 11) is 1.72. The summed E-state index contributed by atoms with van der Waals surface area (Å²) >= 11 is 0. The highest BCUT2D eigenvalue weighted by Crippen LogP contribution is 2.28. The number of nitrogens with one attached hydrogen (secondary N) is 1. The average Bonchev–Trinajstić information content (AvgIpc) is 3.37. The van der Waals surface area contributed by atoms with Gasteiger partial charge in [-0.3, -0.25) is 0 Å². The lowest BCUT2D eigenvalue weighted by Crippen LogP contribution is -2.43. The predicted octanol–water partition coefficient (Wildman–Crippen LogP) is 3.12. The third kappa shape index (κ3) is 5.45. The molecule has 4 heteroatoms. The third-order valence-corrected chi connectivity index (χ3v) is 4.86. The van der Waals surface area contributed by atoms with Crippen LogP contribution in [-0.4, -0.2) is 44.2 Å². The number of ether oxygens (including phenoxy) is 1. The number of nitrogens with zero attached hydrogens (tertiary/aromatic N) is 1. The average molecular weight is 325 g/mol. The van der Waals surface area contributed by atoms with E-state index in [9.17, 15) is 0 Å². The van der Waals surface area contributed by atoms with Crippen molar-refractivity contribution in [2.45, 2.75) is 38.1 Å². The molecule has 0 amide bonds. The Hall–Kier alpha value is -0.770. The second kappa shape index (κ2) is 8.76. The van der Waals surface area contributed by atoms with E-state index in [1.165, 1.54) is 57.4 Å². The molecule has 0 aromatic heterocycles. The van der Waals surface area contributed by atoms with E-state index in [2.05, 4.69) is 34.5 Å². The maximum atomic E-state index is 5.20. The van der Waals surface area contributed by atoms with Crippen LogP contribution < -0.4 is 10.1 Å². The van der Waals surface area contributed by atoms with Crippen molar-refractivity contribution in [1.29, 1.82) is 0 Å². The number of likely N-dealkylation sites (tertiary alicyclic amines) is 1. The molecular weight excluding hydrogens is 296 g/mol. The summed E-state index contributed by atoms with van der Waals surface area (Å²) in [4.78, 5) is 2.61. The van der Waals surface area contributed by atoms with Gasteiger partial charge in [0.15, 0.2) is 0 Å². The first kappa shape index (κ1) is 17.6. The fourth-order valence-electron chi connectivity index (χ4n) is 3.10. The molecule has 1 aromatic carbocycles. The molecule has 1 aromatic rings. The number of rotatable bonds is 7. The first-order valence-electron chi connectivity index (χ1n) is 8.42. The minimum Gasteiger partial charge on any atom is -0.497 e. The largest absolute Gasteiger partial charge is 0.497 e. The van der Waals surface area contributed by atoms with E-state index in [0.717, 1.165) is 24.1 Å². The van der Waals surface area contributed by atoms with Gasteiger partial charge in [-0.2, -0.15) is 0 Å². The molecule has 22 heavy (non-hydrogen) atoms. The lowest BCUT2D eigenvalue weighted by Gasteiger charge is -2.32. The SMILES string of the molecule is COc1ccc(CCN2CCC(NCC3CC3)CC2)cc1.Cl. The topological polar surface area (TPSA) is 24.5 Å². The third-order valence-electron chi connectivity index (χ3n) is 4.86. The van der Waals surface area contributed by atoms with Crippen LogP contribution in [0.25, 0.3) is 0 Å². The fourth-order valence-corrected chi connectivity index (χ4v) is 3.10. The molecule has 3 nitrogen and oxygen atoms in total. The first-order chi connectivity index (χ1) is 10.3. The van der Waals surface area contributed by atoms with Gasteiger partial charge < -0.3 is 15.0 Å². The minimum atomic E-state index is 0. The number of piperidine rings is 1. The summed E-state index contributed by atoms with van der Waals surface area (Å²) < 4.78 is 5.20.